The van der Waals surface area contributed by atoms with Crippen LogP contribution < -0.4 is 8.85 Å². The summed E-state index contributed by atoms with van der Waals surface area (Å²) in [6.45, 7) is 16.9. The highest BCUT2D eigenvalue weighted by molar-refractivity contribution is 6.71. The second-order valence-corrected chi connectivity index (χ2v) is 15.2. The fourth-order valence-corrected chi connectivity index (χ4v) is 3.17. The number of benzene rings is 1. The molecule has 0 spiro atoms. The Kier molecular flexibility index (Phi) is 4.45. The van der Waals surface area contributed by atoms with Crippen LogP contribution in [0.5, 0.6) is 11.5 Å². The van der Waals surface area contributed by atoms with Crippen LogP contribution in [0.2, 0.25) is 39.3 Å². The molecule has 0 fully saturated rings. The number of hydrogen-bond acceptors (Lipinski definition) is 2. The molecule has 1 aromatic rings. The quantitative estimate of drug-likeness (QED) is 0.724. The molecule has 0 aliphatic carbocycles. The van der Waals surface area contributed by atoms with Gasteiger partial charge in [-0.05, 0) is 45.3 Å². The molecular weight excluding hydrogens is 256 g/mol. The molecule has 0 heterocycles. The van der Waals surface area contributed by atoms with Gasteiger partial charge in [0.15, 0.2) is 5.75 Å². The molecule has 0 N–H and O–H groups in total. The third-order valence-electron chi connectivity index (χ3n) is 2.05. The lowest BCUT2D eigenvalue weighted by Gasteiger charge is -2.27. The number of hydrogen-bond donors (Lipinski definition) is 0. The summed E-state index contributed by atoms with van der Waals surface area (Å²) in [7, 11) is -3.30. The van der Waals surface area contributed by atoms with Gasteiger partial charge in [0.2, 0.25) is 16.6 Å². The Balaban J connectivity index is 3.20. The second kappa shape index (κ2) is 5.32. The summed E-state index contributed by atoms with van der Waals surface area (Å²) in [5.74, 6) is 1.71. The Morgan fingerprint density at radius 1 is 0.944 bits per heavy atom. The van der Waals surface area contributed by atoms with Crippen molar-refractivity contribution in [1.82, 2.24) is 0 Å². The van der Waals surface area contributed by atoms with Crippen molar-refractivity contribution in [2.75, 3.05) is 0 Å². The predicted molar refractivity (Wildman–Crippen MR) is 84.5 cm³/mol. The zero-order valence-electron chi connectivity index (χ0n) is 12.3. The van der Waals surface area contributed by atoms with Gasteiger partial charge in [-0.1, -0.05) is 24.8 Å². The highest BCUT2D eigenvalue weighted by atomic mass is 28.4. The Morgan fingerprint density at radius 3 is 1.94 bits per heavy atom. The summed E-state index contributed by atoms with van der Waals surface area (Å²) in [5.41, 5.74) is 1.01. The fraction of sp³-hybridized carbons (Fsp3) is 0.429. The van der Waals surface area contributed by atoms with Gasteiger partial charge in [-0.25, -0.2) is 0 Å². The van der Waals surface area contributed by atoms with E-state index in [2.05, 4.69) is 45.9 Å². The van der Waals surface area contributed by atoms with Crippen LogP contribution in [-0.2, 0) is 0 Å². The van der Waals surface area contributed by atoms with Gasteiger partial charge in [0.05, 0.1) is 0 Å². The Hall–Kier alpha value is -1.01. The smallest absolute Gasteiger partial charge is 0.242 e. The van der Waals surface area contributed by atoms with Crippen molar-refractivity contribution in [3.8, 4) is 11.5 Å². The van der Waals surface area contributed by atoms with Gasteiger partial charge in [-0.2, -0.15) is 0 Å². The lowest BCUT2D eigenvalue weighted by atomic mass is 10.2. The van der Waals surface area contributed by atoms with Crippen LogP contribution in [0.3, 0.4) is 0 Å². The second-order valence-electron chi connectivity index (χ2n) is 6.31. The van der Waals surface area contributed by atoms with Crippen LogP contribution in [-0.4, -0.2) is 16.6 Å². The standard InChI is InChI=1S/C14H24O2Si2/c1-8-12-10-9-11-13(15-17(2,3)4)14(12)16-18(5,6)7/h8-11H,1H2,2-7H3. The summed E-state index contributed by atoms with van der Waals surface area (Å²) in [6, 6.07) is 5.99. The van der Waals surface area contributed by atoms with Gasteiger partial charge in [0.25, 0.3) is 0 Å². The predicted octanol–water partition coefficient (Wildman–Crippen LogP) is 4.76. The van der Waals surface area contributed by atoms with E-state index in [1.54, 1.807) is 0 Å². The Labute approximate surface area is 113 Å². The van der Waals surface area contributed by atoms with Gasteiger partial charge in [0.1, 0.15) is 5.75 Å². The van der Waals surface area contributed by atoms with E-state index in [4.69, 9.17) is 8.85 Å². The van der Waals surface area contributed by atoms with Crippen LogP contribution in [0, 0.1) is 0 Å². The normalized spacial score (nSPS) is 12.1. The summed E-state index contributed by atoms with van der Waals surface area (Å²) in [5, 5.41) is 0. The molecule has 100 valence electrons. The maximum absolute atomic E-state index is 6.17. The van der Waals surface area contributed by atoms with Crippen molar-refractivity contribution in [3.05, 3.63) is 30.3 Å². The third-order valence-corrected chi connectivity index (χ3v) is 3.70. The molecule has 0 amide bonds. The summed E-state index contributed by atoms with van der Waals surface area (Å²) in [4.78, 5) is 0. The molecule has 0 saturated heterocycles. The van der Waals surface area contributed by atoms with Crippen molar-refractivity contribution < 1.29 is 8.85 Å². The summed E-state index contributed by atoms with van der Waals surface area (Å²) < 4.78 is 12.3. The van der Waals surface area contributed by atoms with Crippen LogP contribution >= 0.6 is 0 Å². The van der Waals surface area contributed by atoms with Gasteiger partial charge in [-0.3, -0.25) is 0 Å². The molecule has 2 nitrogen and oxygen atoms in total. The first-order valence-electron chi connectivity index (χ1n) is 6.26. The maximum Gasteiger partial charge on any atom is 0.242 e. The van der Waals surface area contributed by atoms with E-state index in [9.17, 15) is 0 Å². The monoisotopic (exact) mass is 280 g/mol. The van der Waals surface area contributed by atoms with Gasteiger partial charge in [-0.15, -0.1) is 0 Å². The molecule has 1 rings (SSSR count). The van der Waals surface area contributed by atoms with Gasteiger partial charge in [0, 0.05) is 5.56 Å². The van der Waals surface area contributed by atoms with Crippen molar-refractivity contribution >= 4 is 22.7 Å². The molecule has 0 bridgehead atoms. The van der Waals surface area contributed by atoms with Crippen molar-refractivity contribution in [2.45, 2.75) is 39.3 Å². The molecule has 0 unspecified atom stereocenters. The molecule has 0 atom stereocenters. The molecular formula is C14H24O2Si2. The highest BCUT2D eigenvalue weighted by Crippen LogP contribution is 2.35. The van der Waals surface area contributed by atoms with E-state index >= 15 is 0 Å². The van der Waals surface area contributed by atoms with E-state index in [0.29, 0.717) is 0 Å². The van der Waals surface area contributed by atoms with E-state index in [0.717, 1.165) is 17.1 Å². The minimum absolute atomic E-state index is 0.856. The topological polar surface area (TPSA) is 18.5 Å². The van der Waals surface area contributed by atoms with Crippen molar-refractivity contribution in [3.63, 3.8) is 0 Å². The first kappa shape index (κ1) is 15.1. The molecule has 4 heteroatoms. The molecule has 0 saturated carbocycles. The largest absolute Gasteiger partial charge is 0.542 e. The first-order valence-corrected chi connectivity index (χ1v) is 13.1. The Morgan fingerprint density at radius 2 is 1.50 bits per heavy atom. The average Bonchev–Trinajstić information content (AvgIpc) is 2.16. The summed E-state index contributed by atoms with van der Waals surface area (Å²) >= 11 is 0. The van der Waals surface area contributed by atoms with Crippen LogP contribution in [0.4, 0.5) is 0 Å². The van der Waals surface area contributed by atoms with E-state index in [1.807, 2.05) is 24.3 Å². The average molecular weight is 281 g/mol. The zero-order valence-corrected chi connectivity index (χ0v) is 14.3. The lowest BCUT2D eigenvalue weighted by Crippen LogP contribution is -2.32. The van der Waals surface area contributed by atoms with E-state index in [1.165, 1.54) is 0 Å². The van der Waals surface area contributed by atoms with Crippen LogP contribution in [0.15, 0.2) is 24.8 Å². The molecule has 0 aliphatic heterocycles. The number of rotatable bonds is 5. The lowest BCUT2D eigenvalue weighted by molar-refractivity contribution is 0.488. The molecule has 0 aliphatic rings. The summed E-state index contributed by atoms with van der Waals surface area (Å²) in [6.07, 6.45) is 1.83. The van der Waals surface area contributed by atoms with Crippen LogP contribution in [0.25, 0.3) is 6.08 Å². The maximum atomic E-state index is 6.17. The molecule has 18 heavy (non-hydrogen) atoms. The molecule has 0 radical (unpaired) electrons. The third kappa shape index (κ3) is 4.70. The van der Waals surface area contributed by atoms with Gasteiger partial charge < -0.3 is 8.85 Å². The van der Waals surface area contributed by atoms with E-state index < -0.39 is 16.6 Å². The Bertz CT molecular complexity index is 428. The highest BCUT2D eigenvalue weighted by Gasteiger charge is 2.24. The first-order chi connectivity index (χ1) is 8.12. The minimum atomic E-state index is -1.66. The van der Waals surface area contributed by atoms with Crippen molar-refractivity contribution in [1.29, 1.82) is 0 Å². The fourth-order valence-electron chi connectivity index (χ4n) is 1.52. The van der Waals surface area contributed by atoms with Gasteiger partial charge >= 0.3 is 0 Å². The molecule has 0 aromatic heterocycles. The van der Waals surface area contributed by atoms with Crippen LogP contribution in [0.1, 0.15) is 5.56 Å². The van der Waals surface area contributed by atoms with E-state index in [-0.39, 0.29) is 0 Å². The van der Waals surface area contributed by atoms with Crippen molar-refractivity contribution in [2.24, 2.45) is 0 Å². The molecule has 1 aromatic carbocycles. The minimum Gasteiger partial charge on any atom is -0.542 e. The zero-order chi connectivity index (χ0) is 14.0. The number of para-hydroxylation sites is 1. The SMILES string of the molecule is C=Cc1cccc(O[Si](C)(C)C)c1O[Si](C)(C)C.